The van der Waals surface area contributed by atoms with Gasteiger partial charge in [-0.2, -0.15) is 4.98 Å². The molecule has 0 atom stereocenters. The molecule has 0 radical (unpaired) electrons. The SMILES string of the molecule is O=C(CCn1nnc2cc(-c3noc(-c4ccccc4Br)n3)ccc21)N1CCCC1. The van der Waals surface area contributed by atoms with Crippen molar-refractivity contribution in [1.82, 2.24) is 30.0 Å². The molecule has 1 saturated heterocycles. The summed E-state index contributed by atoms with van der Waals surface area (Å²) in [6.07, 6.45) is 2.62. The van der Waals surface area contributed by atoms with Crippen LogP contribution in [0.15, 0.2) is 51.5 Å². The molecule has 1 aliphatic heterocycles. The van der Waals surface area contributed by atoms with Crippen LogP contribution in [0.4, 0.5) is 0 Å². The molecule has 9 heteroatoms. The number of halogens is 1. The second-order valence-corrected chi connectivity index (χ2v) is 8.11. The van der Waals surface area contributed by atoms with E-state index in [0.29, 0.717) is 24.7 Å². The van der Waals surface area contributed by atoms with Gasteiger partial charge in [-0.15, -0.1) is 5.10 Å². The van der Waals surface area contributed by atoms with Crippen LogP contribution in [-0.2, 0) is 11.3 Å². The number of nitrogens with zero attached hydrogens (tertiary/aromatic N) is 6. The van der Waals surface area contributed by atoms with Gasteiger partial charge in [0.25, 0.3) is 5.89 Å². The third kappa shape index (κ3) is 3.60. The first-order valence-corrected chi connectivity index (χ1v) is 10.7. The molecule has 5 rings (SSSR count). The lowest BCUT2D eigenvalue weighted by Crippen LogP contribution is -2.28. The van der Waals surface area contributed by atoms with Crippen molar-refractivity contribution in [2.24, 2.45) is 0 Å². The van der Waals surface area contributed by atoms with E-state index in [-0.39, 0.29) is 5.91 Å². The smallest absolute Gasteiger partial charge is 0.259 e. The van der Waals surface area contributed by atoms with Crippen LogP contribution in [0, 0.1) is 0 Å². The minimum Gasteiger partial charge on any atom is -0.343 e. The molecule has 0 saturated carbocycles. The molecule has 2 aromatic heterocycles. The number of hydrogen-bond acceptors (Lipinski definition) is 6. The van der Waals surface area contributed by atoms with Gasteiger partial charge in [0.2, 0.25) is 11.7 Å². The number of benzene rings is 2. The van der Waals surface area contributed by atoms with Gasteiger partial charge < -0.3 is 9.42 Å². The average molecular weight is 467 g/mol. The van der Waals surface area contributed by atoms with Gasteiger partial charge in [0, 0.05) is 29.5 Å². The Hall–Kier alpha value is -3.07. The highest BCUT2D eigenvalue weighted by molar-refractivity contribution is 9.10. The van der Waals surface area contributed by atoms with Gasteiger partial charge in [0.05, 0.1) is 17.6 Å². The van der Waals surface area contributed by atoms with Crippen molar-refractivity contribution in [2.75, 3.05) is 13.1 Å². The normalized spacial score (nSPS) is 14.0. The fraction of sp³-hybridized carbons (Fsp3) is 0.286. The molecular formula is C21H19BrN6O2. The highest BCUT2D eigenvalue weighted by Gasteiger charge is 2.18. The van der Waals surface area contributed by atoms with E-state index in [1.807, 2.05) is 47.4 Å². The van der Waals surface area contributed by atoms with Crippen LogP contribution in [0.25, 0.3) is 33.9 Å². The summed E-state index contributed by atoms with van der Waals surface area (Å²) in [6.45, 7) is 2.25. The highest BCUT2D eigenvalue weighted by Crippen LogP contribution is 2.29. The zero-order valence-electron chi connectivity index (χ0n) is 16.2. The van der Waals surface area contributed by atoms with Crippen LogP contribution in [0.2, 0.25) is 0 Å². The zero-order valence-corrected chi connectivity index (χ0v) is 17.7. The Morgan fingerprint density at radius 3 is 2.80 bits per heavy atom. The number of carbonyl (C=O) groups excluding carboxylic acids is 1. The average Bonchev–Trinajstić information content (AvgIpc) is 3.53. The molecule has 0 bridgehead atoms. The Morgan fingerprint density at radius 1 is 1.13 bits per heavy atom. The fourth-order valence-electron chi connectivity index (χ4n) is 3.69. The molecule has 0 N–H and O–H groups in total. The van der Waals surface area contributed by atoms with Crippen molar-refractivity contribution in [3.05, 3.63) is 46.9 Å². The lowest BCUT2D eigenvalue weighted by molar-refractivity contribution is -0.130. The van der Waals surface area contributed by atoms with Gasteiger partial charge in [0.1, 0.15) is 5.52 Å². The summed E-state index contributed by atoms with van der Waals surface area (Å²) < 4.78 is 8.11. The number of carbonyl (C=O) groups is 1. The molecule has 1 fully saturated rings. The molecule has 152 valence electrons. The van der Waals surface area contributed by atoms with Gasteiger partial charge in [-0.1, -0.05) is 22.5 Å². The second-order valence-electron chi connectivity index (χ2n) is 7.26. The molecule has 1 amide bonds. The highest BCUT2D eigenvalue weighted by atomic mass is 79.9. The van der Waals surface area contributed by atoms with Crippen LogP contribution in [0.5, 0.6) is 0 Å². The molecule has 30 heavy (non-hydrogen) atoms. The van der Waals surface area contributed by atoms with E-state index in [1.165, 1.54) is 0 Å². The minimum absolute atomic E-state index is 0.180. The number of hydrogen-bond donors (Lipinski definition) is 0. The first-order valence-electron chi connectivity index (χ1n) is 9.89. The van der Waals surface area contributed by atoms with Crippen LogP contribution in [0.3, 0.4) is 0 Å². The lowest BCUT2D eigenvalue weighted by Gasteiger charge is -2.14. The summed E-state index contributed by atoms with van der Waals surface area (Å²) in [5.41, 5.74) is 3.24. The summed E-state index contributed by atoms with van der Waals surface area (Å²) in [5.74, 6) is 1.11. The molecule has 2 aromatic carbocycles. The van der Waals surface area contributed by atoms with Crippen molar-refractivity contribution in [3.63, 3.8) is 0 Å². The van der Waals surface area contributed by atoms with E-state index >= 15 is 0 Å². The number of amides is 1. The van der Waals surface area contributed by atoms with E-state index in [2.05, 4.69) is 36.4 Å². The Balaban J connectivity index is 1.35. The molecule has 0 spiro atoms. The number of likely N-dealkylation sites (tertiary alicyclic amines) is 1. The maximum absolute atomic E-state index is 12.3. The third-order valence-electron chi connectivity index (χ3n) is 5.30. The number of aromatic nitrogens is 5. The third-order valence-corrected chi connectivity index (χ3v) is 5.99. The van der Waals surface area contributed by atoms with Crippen LogP contribution >= 0.6 is 15.9 Å². The predicted octanol–water partition coefficient (Wildman–Crippen LogP) is 3.92. The van der Waals surface area contributed by atoms with Crippen LogP contribution in [-0.4, -0.2) is 49.0 Å². The Bertz CT molecular complexity index is 1210. The Kier molecular flexibility index (Phi) is 5.04. The topological polar surface area (TPSA) is 89.9 Å². The van der Waals surface area contributed by atoms with Gasteiger partial charge in [0.15, 0.2) is 0 Å². The second kappa shape index (κ2) is 7.98. The van der Waals surface area contributed by atoms with Crippen molar-refractivity contribution in [1.29, 1.82) is 0 Å². The number of aryl methyl sites for hydroxylation is 1. The van der Waals surface area contributed by atoms with E-state index in [4.69, 9.17) is 4.52 Å². The van der Waals surface area contributed by atoms with E-state index < -0.39 is 0 Å². The quantitative estimate of drug-likeness (QED) is 0.442. The molecule has 1 aliphatic rings. The van der Waals surface area contributed by atoms with Gasteiger partial charge in [-0.05, 0) is 59.1 Å². The zero-order chi connectivity index (χ0) is 20.5. The Labute approximate surface area is 181 Å². The van der Waals surface area contributed by atoms with Gasteiger partial charge in [-0.3, -0.25) is 4.79 Å². The van der Waals surface area contributed by atoms with Crippen molar-refractivity contribution in [3.8, 4) is 22.8 Å². The number of rotatable bonds is 5. The molecule has 8 nitrogen and oxygen atoms in total. The monoisotopic (exact) mass is 466 g/mol. The Morgan fingerprint density at radius 2 is 1.97 bits per heavy atom. The predicted molar refractivity (Wildman–Crippen MR) is 114 cm³/mol. The molecule has 4 aromatic rings. The lowest BCUT2D eigenvalue weighted by atomic mass is 10.2. The molecule has 0 aliphatic carbocycles. The largest absolute Gasteiger partial charge is 0.343 e. The summed E-state index contributed by atoms with van der Waals surface area (Å²) in [7, 11) is 0. The standard InChI is InChI=1S/C21H19BrN6O2/c22-16-6-2-1-5-15(16)21-23-20(25-30-21)14-7-8-18-17(13-14)24-26-28(18)12-9-19(29)27-10-3-4-11-27/h1-2,5-8,13H,3-4,9-12H2. The summed E-state index contributed by atoms with van der Waals surface area (Å²) >= 11 is 3.50. The van der Waals surface area contributed by atoms with E-state index in [1.54, 1.807) is 4.68 Å². The first-order chi connectivity index (χ1) is 14.7. The summed E-state index contributed by atoms with van der Waals surface area (Å²) in [6, 6.07) is 13.4. The van der Waals surface area contributed by atoms with E-state index in [9.17, 15) is 4.79 Å². The number of fused-ring (bicyclic) bond motifs is 1. The fourth-order valence-corrected chi connectivity index (χ4v) is 4.14. The van der Waals surface area contributed by atoms with Crippen molar-refractivity contribution in [2.45, 2.75) is 25.8 Å². The van der Waals surface area contributed by atoms with Gasteiger partial charge >= 0.3 is 0 Å². The summed E-state index contributed by atoms with van der Waals surface area (Å²) in [4.78, 5) is 18.7. The van der Waals surface area contributed by atoms with Crippen LogP contribution in [0.1, 0.15) is 19.3 Å². The van der Waals surface area contributed by atoms with Gasteiger partial charge in [-0.25, -0.2) is 4.68 Å². The van der Waals surface area contributed by atoms with E-state index in [0.717, 1.165) is 52.6 Å². The first kappa shape index (κ1) is 18.9. The minimum atomic E-state index is 0.180. The maximum Gasteiger partial charge on any atom is 0.259 e. The van der Waals surface area contributed by atoms with Crippen LogP contribution < -0.4 is 0 Å². The molecular weight excluding hydrogens is 448 g/mol. The molecule has 0 unspecified atom stereocenters. The van der Waals surface area contributed by atoms with Crippen molar-refractivity contribution < 1.29 is 9.32 Å². The summed E-state index contributed by atoms with van der Waals surface area (Å²) in [5, 5.41) is 12.6. The maximum atomic E-state index is 12.3. The molecule has 3 heterocycles. The van der Waals surface area contributed by atoms with Crippen molar-refractivity contribution >= 4 is 32.9 Å².